The Morgan fingerprint density at radius 2 is 2.12 bits per heavy atom. The number of fused-ring (bicyclic) bond motifs is 1. The minimum absolute atomic E-state index is 0.0247. The fourth-order valence-corrected chi connectivity index (χ4v) is 4.42. The summed E-state index contributed by atoms with van der Waals surface area (Å²) in [6.45, 7) is 1.16. The summed E-state index contributed by atoms with van der Waals surface area (Å²) in [6.07, 6.45) is 6.94. The molecule has 2 atom stereocenters. The molecule has 0 spiro atoms. The number of hydrogen-bond donors (Lipinski definition) is 0. The Morgan fingerprint density at radius 1 is 1.22 bits per heavy atom. The molecule has 2 aliphatic rings. The molecular formula is C25H24N4O3. The number of nitrogens with zero attached hydrogens (tertiary/aromatic N) is 4. The quantitative estimate of drug-likeness (QED) is 0.599. The molecule has 1 amide bonds. The summed E-state index contributed by atoms with van der Waals surface area (Å²) in [5.41, 5.74) is 4.16. The normalized spacial score (nSPS) is 18.8. The van der Waals surface area contributed by atoms with Crippen LogP contribution < -0.4 is 4.74 Å². The van der Waals surface area contributed by atoms with E-state index in [0.29, 0.717) is 17.9 Å². The van der Waals surface area contributed by atoms with E-state index in [9.17, 15) is 10.1 Å². The number of nitriles is 1. The molecule has 5 rings (SSSR count). The molecule has 1 saturated heterocycles. The lowest BCUT2D eigenvalue weighted by Gasteiger charge is -2.22. The van der Waals surface area contributed by atoms with E-state index in [4.69, 9.17) is 9.47 Å². The van der Waals surface area contributed by atoms with Crippen LogP contribution in [0.1, 0.15) is 53.0 Å². The van der Waals surface area contributed by atoms with Gasteiger partial charge in [-0.1, -0.05) is 24.3 Å². The van der Waals surface area contributed by atoms with Crippen LogP contribution in [0.25, 0.3) is 11.1 Å². The molecule has 0 N–H and O–H groups in total. The maximum Gasteiger partial charge on any atom is 0.255 e. The van der Waals surface area contributed by atoms with Crippen LogP contribution in [-0.2, 0) is 11.3 Å². The van der Waals surface area contributed by atoms with Crippen molar-refractivity contribution in [3.63, 3.8) is 0 Å². The van der Waals surface area contributed by atoms with Crippen molar-refractivity contribution in [2.45, 2.75) is 38.1 Å². The van der Waals surface area contributed by atoms with Gasteiger partial charge in [0.25, 0.3) is 5.91 Å². The summed E-state index contributed by atoms with van der Waals surface area (Å²) in [5.74, 6) is 0.521. The van der Waals surface area contributed by atoms with Gasteiger partial charge >= 0.3 is 0 Å². The smallest absolute Gasteiger partial charge is 0.255 e. The minimum Gasteiger partial charge on any atom is -0.497 e. The number of hydrogen-bond acceptors (Lipinski definition) is 5. The van der Waals surface area contributed by atoms with E-state index in [1.165, 1.54) is 0 Å². The molecule has 0 aliphatic carbocycles. The monoisotopic (exact) mass is 428 g/mol. The van der Waals surface area contributed by atoms with Gasteiger partial charge in [-0.3, -0.25) is 4.79 Å². The Bertz CT molecular complexity index is 1190. The summed E-state index contributed by atoms with van der Waals surface area (Å²) in [6, 6.07) is 14.8. The van der Waals surface area contributed by atoms with Crippen molar-refractivity contribution < 1.29 is 14.3 Å². The van der Waals surface area contributed by atoms with Gasteiger partial charge in [-0.15, -0.1) is 0 Å². The zero-order valence-electron chi connectivity index (χ0n) is 17.9. The van der Waals surface area contributed by atoms with Gasteiger partial charge in [0.05, 0.1) is 19.4 Å². The fourth-order valence-electron chi connectivity index (χ4n) is 4.42. The highest BCUT2D eigenvalue weighted by Crippen LogP contribution is 2.35. The van der Waals surface area contributed by atoms with Crippen molar-refractivity contribution >= 4 is 5.91 Å². The summed E-state index contributed by atoms with van der Waals surface area (Å²) in [7, 11) is 1.58. The molecule has 7 nitrogen and oxygen atoms in total. The first kappa shape index (κ1) is 20.3. The maximum absolute atomic E-state index is 13.3. The lowest BCUT2D eigenvalue weighted by atomic mass is 10.0. The third kappa shape index (κ3) is 3.63. The fraction of sp³-hybridized carbons (Fsp3) is 0.320. The topological polar surface area (TPSA) is 80.4 Å². The molecule has 0 bridgehead atoms. The van der Waals surface area contributed by atoms with E-state index in [-0.39, 0.29) is 12.1 Å². The van der Waals surface area contributed by atoms with Crippen LogP contribution in [-0.4, -0.2) is 34.3 Å². The highest BCUT2D eigenvalue weighted by Gasteiger charge is 2.34. The predicted octanol–water partition coefficient (Wildman–Crippen LogP) is 4.48. The predicted molar refractivity (Wildman–Crippen MR) is 118 cm³/mol. The Labute approximate surface area is 186 Å². The van der Waals surface area contributed by atoms with E-state index in [0.717, 1.165) is 48.1 Å². The van der Waals surface area contributed by atoms with E-state index in [1.807, 2.05) is 53.5 Å². The second-order valence-corrected chi connectivity index (χ2v) is 8.14. The first-order valence-electron chi connectivity index (χ1n) is 10.8. The standard InChI is InChI=1S/C25H24N4O3/c1-31-21-6-4-5-18(11-21)23(13-26)28-15-19-9-8-17(12-22(19)25(28)30)20-14-27-29(16-20)24-7-2-3-10-32-24/h4-6,8-9,11-12,14,16,23-24H,2-3,7,10,15H2,1H3. The number of methoxy groups -OCH3 is 1. The number of amides is 1. The lowest BCUT2D eigenvalue weighted by Crippen LogP contribution is -2.28. The van der Waals surface area contributed by atoms with Crippen molar-refractivity contribution in [1.82, 2.24) is 14.7 Å². The third-order valence-electron chi connectivity index (χ3n) is 6.17. The number of carbonyl (C=O) groups is 1. The van der Waals surface area contributed by atoms with E-state index >= 15 is 0 Å². The van der Waals surface area contributed by atoms with Crippen molar-refractivity contribution in [2.75, 3.05) is 13.7 Å². The molecule has 1 fully saturated rings. The third-order valence-corrected chi connectivity index (χ3v) is 6.17. The first-order chi connectivity index (χ1) is 15.7. The molecule has 3 aromatic rings. The van der Waals surface area contributed by atoms with Crippen LogP contribution in [0.4, 0.5) is 0 Å². The summed E-state index contributed by atoms with van der Waals surface area (Å²) < 4.78 is 13.0. The lowest BCUT2D eigenvalue weighted by molar-refractivity contribution is -0.0394. The highest BCUT2D eigenvalue weighted by atomic mass is 16.5. The number of aromatic nitrogens is 2. The van der Waals surface area contributed by atoms with Crippen molar-refractivity contribution in [1.29, 1.82) is 5.26 Å². The molecule has 2 aliphatic heterocycles. The highest BCUT2D eigenvalue weighted by molar-refractivity contribution is 6.00. The van der Waals surface area contributed by atoms with Crippen molar-refractivity contribution in [3.8, 4) is 22.9 Å². The van der Waals surface area contributed by atoms with Crippen LogP contribution in [0.15, 0.2) is 54.9 Å². The Balaban J connectivity index is 1.40. The van der Waals surface area contributed by atoms with Crippen molar-refractivity contribution in [3.05, 3.63) is 71.5 Å². The minimum atomic E-state index is -0.681. The summed E-state index contributed by atoms with van der Waals surface area (Å²) in [5, 5.41) is 14.3. The van der Waals surface area contributed by atoms with Crippen LogP contribution in [0.2, 0.25) is 0 Å². The van der Waals surface area contributed by atoms with E-state index in [1.54, 1.807) is 18.1 Å². The largest absolute Gasteiger partial charge is 0.497 e. The Morgan fingerprint density at radius 3 is 2.91 bits per heavy atom. The molecule has 2 aromatic carbocycles. The van der Waals surface area contributed by atoms with Gasteiger partial charge in [-0.2, -0.15) is 10.4 Å². The Kier molecular flexibility index (Phi) is 5.38. The molecule has 0 radical (unpaired) electrons. The number of rotatable bonds is 5. The number of benzene rings is 2. The van der Waals surface area contributed by atoms with Gasteiger partial charge in [-0.05, 0) is 54.2 Å². The molecule has 32 heavy (non-hydrogen) atoms. The molecule has 1 aromatic heterocycles. The molecule has 0 saturated carbocycles. The zero-order valence-corrected chi connectivity index (χ0v) is 17.9. The van der Waals surface area contributed by atoms with Crippen LogP contribution >= 0.6 is 0 Å². The maximum atomic E-state index is 13.3. The van der Waals surface area contributed by atoms with Crippen molar-refractivity contribution in [2.24, 2.45) is 0 Å². The molecule has 3 heterocycles. The van der Waals surface area contributed by atoms with Gasteiger partial charge in [0, 0.05) is 30.5 Å². The molecular weight excluding hydrogens is 404 g/mol. The van der Waals surface area contributed by atoms with Gasteiger partial charge < -0.3 is 14.4 Å². The van der Waals surface area contributed by atoms with E-state index < -0.39 is 6.04 Å². The summed E-state index contributed by atoms with van der Waals surface area (Å²) >= 11 is 0. The van der Waals surface area contributed by atoms with Crippen LogP contribution in [0.5, 0.6) is 5.75 Å². The van der Waals surface area contributed by atoms with Gasteiger partial charge in [0.15, 0.2) is 0 Å². The zero-order chi connectivity index (χ0) is 22.1. The first-order valence-corrected chi connectivity index (χ1v) is 10.8. The number of ether oxygens (including phenoxy) is 2. The molecule has 2 unspecified atom stereocenters. The summed E-state index contributed by atoms with van der Waals surface area (Å²) in [4.78, 5) is 14.9. The van der Waals surface area contributed by atoms with Gasteiger partial charge in [0.2, 0.25) is 0 Å². The molecule has 162 valence electrons. The van der Waals surface area contributed by atoms with E-state index in [2.05, 4.69) is 11.2 Å². The second-order valence-electron chi connectivity index (χ2n) is 8.14. The van der Waals surface area contributed by atoms with Gasteiger partial charge in [-0.25, -0.2) is 4.68 Å². The van der Waals surface area contributed by atoms with Crippen LogP contribution in [0, 0.1) is 11.3 Å². The Hall–Kier alpha value is -3.63. The van der Waals surface area contributed by atoms with Crippen LogP contribution in [0.3, 0.4) is 0 Å². The number of carbonyl (C=O) groups excluding carboxylic acids is 1. The average Bonchev–Trinajstić information content (AvgIpc) is 3.46. The SMILES string of the molecule is COc1cccc(C(C#N)N2Cc3ccc(-c4cnn(C5CCCCO5)c4)cc3C2=O)c1. The van der Waals surface area contributed by atoms with Gasteiger partial charge in [0.1, 0.15) is 18.0 Å². The second kappa shape index (κ2) is 8.48. The average molecular weight is 428 g/mol. The molecule has 7 heteroatoms.